The fourth-order valence-corrected chi connectivity index (χ4v) is 4.47. The molecule has 0 aliphatic carbocycles. The summed E-state index contributed by atoms with van der Waals surface area (Å²) < 4.78 is 16.6. The zero-order valence-corrected chi connectivity index (χ0v) is 19.5. The van der Waals surface area contributed by atoms with Gasteiger partial charge in [0.25, 0.3) is 0 Å². The highest BCUT2D eigenvalue weighted by atomic mass is 31.2. The summed E-state index contributed by atoms with van der Waals surface area (Å²) >= 11 is 0. The molecular weight excluding hydrogens is 421 g/mol. The van der Waals surface area contributed by atoms with E-state index in [1.165, 1.54) is 30.4 Å². The molecule has 1 heterocycles. The molecule has 0 aliphatic rings. The standard InChI is InChI=1S/C26H34NO4P/c28-32(29,30)19-9-17-27-21-23-15-16-24(25(20-23)26-14-8-18-31-26)13-7-2-1-4-10-22-11-5-3-6-12-22/h3,5-6,8,11-12,14-16,18,20,27H,1-2,4,7,9-10,13,17,19,21H2,(H2,28,29,30). The number of unbranched alkanes of at least 4 members (excludes halogenated alkanes) is 3. The molecule has 0 bridgehead atoms. The SMILES string of the molecule is O=P(O)(O)CCCNCc1ccc(CCCCCCc2ccccc2)c(-c2ccco2)c1. The quantitative estimate of drug-likeness (QED) is 0.207. The lowest BCUT2D eigenvalue weighted by Crippen LogP contribution is -2.16. The van der Waals surface area contributed by atoms with Crippen LogP contribution in [-0.2, 0) is 24.0 Å². The topological polar surface area (TPSA) is 82.7 Å². The highest BCUT2D eigenvalue weighted by molar-refractivity contribution is 7.51. The summed E-state index contributed by atoms with van der Waals surface area (Å²) in [6, 6.07) is 21.1. The summed E-state index contributed by atoms with van der Waals surface area (Å²) in [6.45, 7) is 1.24. The van der Waals surface area contributed by atoms with E-state index in [0.29, 0.717) is 19.5 Å². The van der Waals surface area contributed by atoms with E-state index in [0.717, 1.165) is 36.1 Å². The van der Waals surface area contributed by atoms with Crippen LogP contribution >= 0.6 is 7.60 Å². The van der Waals surface area contributed by atoms with Crippen molar-refractivity contribution in [2.24, 2.45) is 0 Å². The molecule has 0 spiro atoms. The van der Waals surface area contributed by atoms with Crippen molar-refractivity contribution in [1.29, 1.82) is 0 Å². The fourth-order valence-electron chi connectivity index (χ4n) is 3.90. The Hall–Kier alpha value is -2.17. The third-order valence-corrected chi connectivity index (χ3v) is 6.50. The van der Waals surface area contributed by atoms with E-state index < -0.39 is 7.60 Å². The van der Waals surface area contributed by atoms with Crippen molar-refractivity contribution in [2.45, 2.75) is 51.5 Å². The zero-order chi connectivity index (χ0) is 22.7. The number of rotatable bonds is 14. The molecule has 1 aromatic heterocycles. The van der Waals surface area contributed by atoms with Gasteiger partial charge in [-0.3, -0.25) is 4.57 Å². The molecule has 3 aromatic rings. The lowest BCUT2D eigenvalue weighted by Gasteiger charge is -2.12. The Morgan fingerprint density at radius 2 is 1.59 bits per heavy atom. The summed E-state index contributed by atoms with van der Waals surface area (Å²) in [6.07, 6.45) is 9.08. The molecule has 3 rings (SSSR count). The molecule has 0 aliphatic heterocycles. The fraction of sp³-hybridized carbons (Fsp3) is 0.385. The first-order valence-electron chi connectivity index (χ1n) is 11.5. The van der Waals surface area contributed by atoms with Crippen LogP contribution in [0.2, 0.25) is 0 Å². The molecular formula is C26H34NO4P. The Kier molecular flexibility index (Phi) is 9.76. The molecule has 0 amide bonds. The van der Waals surface area contributed by atoms with E-state index in [-0.39, 0.29) is 6.16 Å². The van der Waals surface area contributed by atoms with Crippen molar-refractivity contribution in [2.75, 3.05) is 12.7 Å². The zero-order valence-electron chi connectivity index (χ0n) is 18.6. The Labute approximate surface area is 191 Å². The Balaban J connectivity index is 1.47. The lowest BCUT2D eigenvalue weighted by molar-refractivity contribution is 0.371. The minimum atomic E-state index is -3.91. The number of aryl methyl sites for hydroxylation is 2. The molecule has 0 unspecified atom stereocenters. The van der Waals surface area contributed by atoms with Crippen LogP contribution in [0.4, 0.5) is 0 Å². The third-order valence-electron chi connectivity index (χ3n) is 5.60. The van der Waals surface area contributed by atoms with E-state index in [1.54, 1.807) is 6.26 Å². The van der Waals surface area contributed by atoms with Gasteiger partial charge in [-0.1, -0.05) is 55.3 Å². The average Bonchev–Trinajstić information content (AvgIpc) is 3.31. The van der Waals surface area contributed by atoms with Crippen molar-refractivity contribution in [3.8, 4) is 11.3 Å². The van der Waals surface area contributed by atoms with Crippen LogP contribution in [0.1, 0.15) is 48.8 Å². The van der Waals surface area contributed by atoms with Gasteiger partial charge in [0.05, 0.1) is 12.4 Å². The summed E-state index contributed by atoms with van der Waals surface area (Å²) in [4.78, 5) is 17.9. The van der Waals surface area contributed by atoms with Crippen molar-refractivity contribution >= 4 is 7.60 Å². The van der Waals surface area contributed by atoms with Crippen molar-refractivity contribution in [1.82, 2.24) is 5.32 Å². The number of nitrogens with one attached hydrogen (secondary N) is 1. The summed E-state index contributed by atoms with van der Waals surface area (Å²) in [5.74, 6) is 0.882. The largest absolute Gasteiger partial charge is 0.464 e. The van der Waals surface area contributed by atoms with Crippen LogP contribution < -0.4 is 5.32 Å². The second-order valence-electron chi connectivity index (χ2n) is 8.29. The number of benzene rings is 2. The van der Waals surface area contributed by atoms with Crippen LogP contribution in [0.25, 0.3) is 11.3 Å². The monoisotopic (exact) mass is 455 g/mol. The molecule has 0 saturated heterocycles. The van der Waals surface area contributed by atoms with Gasteiger partial charge in [0.15, 0.2) is 0 Å². The van der Waals surface area contributed by atoms with Gasteiger partial charge in [0.1, 0.15) is 5.76 Å². The Morgan fingerprint density at radius 3 is 2.31 bits per heavy atom. The molecule has 0 atom stereocenters. The summed E-state index contributed by atoms with van der Waals surface area (Å²) in [7, 11) is -3.91. The van der Waals surface area contributed by atoms with Gasteiger partial charge < -0.3 is 19.5 Å². The number of hydrogen-bond acceptors (Lipinski definition) is 3. The molecule has 0 fully saturated rings. The van der Waals surface area contributed by atoms with E-state index in [4.69, 9.17) is 14.2 Å². The minimum absolute atomic E-state index is 0.0814. The van der Waals surface area contributed by atoms with Crippen molar-refractivity contribution < 1.29 is 18.8 Å². The second kappa shape index (κ2) is 12.8. The van der Waals surface area contributed by atoms with E-state index >= 15 is 0 Å². The Bertz CT molecular complexity index is 967. The predicted octanol–water partition coefficient (Wildman–Crippen LogP) is 5.95. The molecule has 3 N–H and O–H groups in total. The first kappa shape index (κ1) is 24.5. The molecule has 0 saturated carbocycles. The van der Waals surface area contributed by atoms with Crippen LogP contribution in [-0.4, -0.2) is 22.5 Å². The molecule has 5 nitrogen and oxygen atoms in total. The van der Waals surface area contributed by atoms with Crippen LogP contribution in [0, 0.1) is 0 Å². The van der Waals surface area contributed by atoms with Crippen LogP contribution in [0.5, 0.6) is 0 Å². The molecule has 2 aromatic carbocycles. The van der Waals surface area contributed by atoms with Gasteiger partial charge in [-0.15, -0.1) is 0 Å². The lowest BCUT2D eigenvalue weighted by atomic mass is 9.96. The molecule has 0 radical (unpaired) electrons. The van der Waals surface area contributed by atoms with Gasteiger partial charge >= 0.3 is 7.60 Å². The molecule has 172 valence electrons. The van der Waals surface area contributed by atoms with Gasteiger partial charge in [-0.2, -0.15) is 0 Å². The van der Waals surface area contributed by atoms with Gasteiger partial charge in [-0.25, -0.2) is 0 Å². The van der Waals surface area contributed by atoms with Gasteiger partial charge in [0, 0.05) is 12.1 Å². The maximum absolute atomic E-state index is 10.9. The predicted molar refractivity (Wildman–Crippen MR) is 130 cm³/mol. The maximum Gasteiger partial charge on any atom is 0.325 e. The third kappa shape index (κ3) is 8.76. The molecule has 6 heteroatoms. The smallest absolute Gasteiger partial charge is 0.325 e. The Morgan fingerprint density at radius 1 is 0.812 bits per heavy atom. The van der Waals surface area contributed by atoms with Gasteiger partial charge in [0.2, 0.25) is 0 Å². The van der Waals surface area contributed by atoms with E-state index in [2.05, 4.69) is 53.8 Å². The first-order valence-corrected chi connectivity index (χ1v) is 13.3. The highest BCUT2D eigenvalue weighted by Gasteiger charge is 2.12. The van der Waals surface area contributed by atoms with Crippen LogP contribution in [0.15, 0.2) is 71.3 Å². The summed E-state index contributed by atoms with van der Waals surface area (Å²) in [5.41, 5.74) is 4.99. The molecule has 32 heavy (non-hydrogen) atoms. The average molecular weight is 456 g/mol. The van der Waals surface area contributed by atoms with Crippen molar-refractivity contribution in [3.63, 3.8) is 0 Å². The number of hydrogen-bond donors (Lipinski definition) is 3. The van der Waals surface area contributed by atoms with Gasteiger partial charge in [-0.05, 0) is 73.5 Å². The van der Waals surface area contributed by atoms with Crippen molar-refractivity contribution in [3.05, 3.63) is 83.6 Å². The van der Waals surface area contributed by atoms with E-state index in [9.17, 15) is 4.57 Å². The minimum Gasteiger partial charge on any atom is -0.464 e. The first-order chi connectivity index (χ1) is 15.5. The normalized spacial score (nSPS) is 11.7. The van der Waals surface area contributed by atoms with Crippen LogP contribution in [0.3, 0.4) is 0 Å². The second-order valence-corrected chi connectivity index (χ2v) is 10.1. The summed E-state index contributed by atoms with van der Waals surface area (Å²) in [5, 5.41) is 3.27. The number of furan rings is 1. The van der Waals surface area contributed by atoms with E-state index in [1.807, 2.05) is 12.1 Å². The maximum atomic E-state index is 10.9. The highest BCUT2D eigenvalue weighted by Crippen LogP contribution is 2.34.